The van der Waals surface area contributed by atoms with E-state index in [0.717, 1.165) is 28.7 Å². The molecule has 0 atom stereocenters. The van der Waals surface area contributed by atoms with Crippen LogP contribution in [0.5, 0.6) is 0 Å². The molecular formula is C14H18BrN3. The van der Waals surface area contributed by atoms with Crippen molar-refractivity contribution in [3.05, 3.63) is 30.5 Å². The van der Waals surface area contributed by atoms with Crippen LogP contribution in [0.3, 0.4) is 0 Å². The fraction of sp³-hybridized carbons (Fsp3) is 0.429. The molecule has 0 saturated heterocycles. The van der Waals surface area contributed by atoms with Crippen LogP contribution >= 0.6 is 15.9 Å². The molecule has 0 spiro atoms. The Hall–Kier alpha value is -1.16. The summed E-state index contributed by atoms with van der Waals surface area (Å²) in [6, 6.07) is 7.98. The number of unbranched alkanes of at least 4 members (excludes halogenated alkanes) is 2. The summed E-state index contributed by atoms with van der Waals surface area (Å²) < 4.78 is 0. The van der Waals surface area contributed by atoms with Gasteiger partial charge in [0.1, 0.15) is 5.82 Å². The normalized spacial score (nSPS) is 10.8. The Morgan fingerprint density at radius 1 is 1.11 bits per heavy atom. The highest BCUT2D eigenvalue weighted by molar-refractivity contribution is 9.09. The molecule has 0 radical (unpaired) electrons. The molecule has 1 aromatic carbocycles. The van der Waals surface area contributed by atoms with Crippen molar-refractivity contribution >= 4 is 32.8 Å². The van der Waals surface area contributed by atoms with E-state index in [0.29, 0.717) is 0 Å². The van der Waals surface area contributed by atoms with Gasteiger partial charge >= 0.3 is 0 Å². The van der Waals surface area contributed by atoms with Crippen molar-refractivity contribution in [1.82, 2.24) is 9.97 Å². The second-order valence-electron chi connectivity index (χ2n) is 4.39. The topological polar surface area (TPSA) is 29.0 Å². The van der Waals surface area contributed by atoms with E-state index in [1.165, 1.54) is 19.3 Å². The number of benzene rings is 1. The van der Waals surface area contributed by atoms with Crippen LogP contribution in [0.4, 0.5) is 5.82 Å². The number of hydrogen-bond donors (Lipinski definition) is 0. The molecular weight excluding hydrogens is 290 g/mol. The molecule has 1 heterocycles. The molecule has 18 heavy (non-hydrogen) atoms. The summed E-state index contributed by atoms with van der Waals surface area (Å²) in [7, 11) is 2.08. The fourth-order valence-corrected chi connectivity index (χ4v) is 2.26. The van der Waals surface area contributed by atoms with Gasteiger partial charge in [0.05, 0.1) is 17.2 Å². The van der Waals surface area contributed by atoms with Crippen LogP contribution in [-0.4, -0.2) is 28.9 Å². The zero-order chi connectivity index (χ0) is 12.8. The van der Waals surface area contributed by atoms with Crippen LogP contribution in [0.25, 0.3) is 11.0 Å². The van der Waals surface area contributed by atoms with Crippen molar-refractivity contribution in [2.24, 2.45) is 0 Å². The predicted octanol–water partition coefficient (Wildman–Crippen LogP) is 3.63. The quantitative estimate of drug-likeness (QED) is 0.603. The summed E-state index contributed by atoms with van der Waals surface area (Å²) in [6.07, 6.45) is 5.53. The molecule has 0 bridgehead atoms. The van der Waals surface area contributed by atoms with Crippen molar-refractivity contribution in [1.29, 1.82) is 0 Å². The first-order valence-electron chi connectivity index (χ1n) is 6.30. The van der Waals surface area contributed by atoms with Gasteiger partial charge in [-0.3, -0.25) is 4.98 Å². The lowest BCUT2D eigenvalue weighted by Crippen LogP contribution is -2.19. The number of nitrogens with zero attached hydrogens (tertiary/aromatic N) is 3. The number of fused-ring (bicyclic) bond motifs is 1. The number of anilines is 1. The van der Waals surface area contributed by atoms with Crippen LogP contribution in [-0.2, 0) is 0 Å². The molecule has 0 saturated carbocycles. The van der Waals surface area contributed by atoms with Crippen molar-refractivity contribution in [3.63, 3.8) is 0 Å². The van der Waals surface area contributed by atoms with Crippen molar-refractivity contribution in [2.45, 2.75) is 19.3 Å². The maximum Gasteiger partial charge on any atom is 0.147 e. The molecule has 0 aliphatic carbocycles. The lowest BCUT2D eigenvalue weighted by Gasteiger charge is -2.17. The van der Waals surface area contributed by atoms with Gasteiger partial charge in [0.25, 0.3) is 0 Å². The van der Waals surface area contributed by atoms with E-state index in [2.05, 4.69) is 37.8 Å². The fourth-order valence-electron chi connectivity index (χ4n) is 1.87. The number of halogens is 1. The van der Waals surface area contributed by atoms with Gasteiger partial charge in [0, 0.05) is 18.9 Å². The number of para-hydroxylation sites is 2. The van der Waals surface area contributed by atoms with E-state index in [9.17, 15) is 0 Å². The third-order valence-corrected chi connectivity index (χ3v) is 3.51. The van der Waals surface area contributed by atoms with E-state index in [4.69, 9.17) is 0 Å². The molecule has 0 amide bonds. The smallest absolute Gasteiger partial charge is 0.147 e. The highest BCUT2D eigenvalue weighted by Crippen LogP contribution is 2.14. The summed E-state index contributed by atoms with van der Waals surface area (Å²) in [5.41, 5.74) is 1.91. The number of aromatic nitrogens is 2. The van der Waals surface area contributed by atoms with Gasteiger partial charge in [0.2, 0.25) is 0 Å². The second-order valence-corrected chi connectivity index (χ2v) is 5.18. The second kappa shape index (κ2) is 6.69. The van der Waals surface area contributed by atoms with E-state index >= 15 is 0 Å². The van der Waals surface area contributed by atoms with E-state index in [1.807, 2.05) is 30.5 Å². The lowest BCUT2D eigenvalue weighted by molar-refractivity contribution is 0.707. The van der Waals surface area contributed by atoms with Gasteiger partial charge in [0.15, 0.2) is 0 Å². The maximum atomic E-state index is 4.63. The lowest BCUT2D eigenvalue weighted by atomic mass is 10.2. The van der Waals surface area contributed by atoms with Gasteiger partial charge in [-0.15, -0.1) is 0 Å². The molecule has 0 unspecified atom stereocenters. The molecule has 3 nitrogen and oxygen atoms in total. The zero-order valence-electron chi connectivity index (χ0n) is 10.6. The first-order chi connectivity index (χ1) is 8.81. The number of hydrogen-bond acceptors (Lipinski definition) is 3. The minimum atomic E-state index is 0.951. The minimum Gasteiger partial charge on any atom is -0.358 e. The highest BCUT2D eigenvalue weighted by atomic mass is 79.9. The first-order valence-corrected chi connectivity index (χ1v) is 7.42. The molecule has 1 aromatic heterocycles. The molecule has 0 fully saturated rings. The van der Waals surface area contributed by atoms with Crippen LogP contribution < -0.4 is 4.90 Å². The van der Waals surface area contributed by atoms with Gasteiger partial charge in [-0.05, 0) is 25.0 Å². The van der Waals surface area contributed by atoms with Gasteiger partial charge in [-0.2, -0.15) is 0 Å². The third kappa shape index (κ3) is 3.42. The van der Waals surface area contributed by atoms with Gasteiger partial charge in [-0.25, -0.2) is 4.98 Å². The largest absolute Gasteiger partial charge is 0.358 e. The molecule has 2 rings (SSSR count). The Labute approximate surface area is 116 Å². The molecule has 0 aliphatic heterocycles. The third-order valence-electron chi connectivity index (χ3n) is 2.95. The Kier molecular flexibility index (Phi) is 4.93. The number of rotatable bonds is 6. The Bertz CT molecular complexity index is 501. The predicted molar refractivity (Wildman–Crippen MR) is 80.5 cm³/mol. The van der Waals surface area contributed by atoms with Crippen LogP contribution in [0.1, 0.15) is 19.3 Å². The summed E-state index contributed by atoms with van der Waals surface area (Å²) in [5, 5.41) is 1.09. The summed E-state index contributed by atoms with van der Waals surface area (Å²) in [5.74, 6) is 0.951. The van der Waals surface area contributed by atoms with Crippen LogP contribution in [0.2, 0.25) is 0 Å². The van der Waals surface area contributed by atoms with Crippen LogP contribution in [0.15, 0.2) is 30.5 Å². The standard InChI is InChI=1S/C14H18BrN3/c1-18(10-6-2-5-9-15)14-11-16-12-7-3-4-8-13(12)17-14/h3-4,7-8,11H,2,5-6,9-10H2,1H3. The minimum absolute atomic E-state index is 0.951. The van der Waals surface area contributed by atoms with E-state index in [1.54, 1.807) is 0 Å². The van der Waals surface area contributed by atoms with Crippen LogP contribution in [0, 0.1) is 0 Å². The summed E-state index contributed by atoms with van der Waals surface area (Å²) >= 11 is 3.45. The summed E-state index contributed by atoms with van der Waals surface area (Å²) in [4.78, 5) is 11.2. The zero-order valence-corrected chi connectivity index (χ0v) is 12.2. The van der Waals surface area contributed by atoms with Gasteiger partial charge < -0.3 is 4.90 Å². The average Bonchev–Trinajstić information content (AvgIpc) is 2.43. The molecule has 2 aromatic rings. The SMILES string of the molecule is CN(CCCCCBr)c1cnc2ccccc2n1. The molecule has 96 valence electrons. The van der Waals surface area contributed by atoms with Crippen molar-refractivity contribution in [2.75, 3.05) is 23.8 Å². The highest BCUT2D eigenvalue weighted by Gasteiger charge is 2.04. The van der Waals surface area contributed by atoms with E-state index in [-0.39, 0.29) is 0 Å². The average molecular weight is 308 g/mol. The molecule has 4 heteroatoms. The Balaban J connectivity index is 2.01. The van der Waals surface area contributed by atoms with E-state index < -0.39 is 0 Å². The monoisotopic (exact) mass is 307 g/mol. The Morgan fingerprint density at radius 2 is 1.89 bits per heavy atom. The van der Waals surface area contributed by atoms with Crippen molar-refractivity contribution in [3.8, 4) is 0 Å². The van der Waals surface area contributed by atoms with Gasteiger partial charge in [-0.1, -0.05) is 34.5 Å². The van der Waals surface area contributed by atoms with Crippen molar-refractivity contribution < 1.29 is 0 Å². The molecule has 0 aliphatic rings. The Morgan fingerprint density at radius 3 is 2.67 bits per heavy atom. The summed E-state index contributed by atoms with van der Waals surface area (Å²) in [6.45, 7) is 1.03. The molecule has 0 N–H and O–H groups in total. The first kappa shape index (κ1) is 13.3. The maximum absolute atomic E-state index is 4.63. The number of alkyl halides is 1.